The van der Waals surface area contributed by atoms with Gasteiger partial charge in [0.2, 0.25) is 0 Å². The summed E-state index contributed by atoms with van der Waals surface area (Å²) in [6.07, 6.45) is 0. The van der Waals surface area contributed by atoms with Crippen molar-refractivity contribution in [3.63, 3.8) is 0 Å². The van der Waals surface area contributed by atoms with Crippen molar-refractivity contribution in [2.24, 2.45) is 5.92 Å². The number of carbonyl (C=O) groups is 1. The zero-order chi connectivity index (χ0) is 28.1. The lowest BCUT2D eigenvalue weighted by Gasteiger charge is -2.41. The second-order valence-corrected chi connectivity index (χ2v) is 12.4. The standard InChI is InChI=1S/C29H35N3O6S/c1-18(2)17-39(34,35)38-19-11-12-21(26(15-19)37-6)20-13-14-23-27-22(20)16-31(24-9-7-8-10-25(24)36-5)32(27)28(33)29(3,4)30-23/h7-15,18,30,34-35H,16-17H2,1-6H3. The molecule has 0 atom stereocenters. The van der Waals surface area contributed by atoms with Crippen molar-refractivity contribution < 1.29 is 27.6 Å². The van der Waals surface area contributed by atoms with Gasteiger partial charge in [0.15, 0.2) is 0 Å². The van der Waals surface area contributed by atoms with Crippen LogP contribution in [0.4, 0.5) is 17.1 Å². The Morgan fingerprint density at radius 2 is 1.69 bits per heavy atom. The van der Waals surface area contributed by atoms with Crippen LogP contribution in [0, 0.1) is 5.92 Å². The number of rotatable bonds is 8. The molecule has 3 aromatic rings. The van der Waals surface area contributed by atoms with E-state index in [0.29, 0.717) is 23.8 Å². The third kappa shape index (κ3) is 4.84. The molecule has 3 N–H and O–H groups in total. The molecule has 0 radical (unpaired) electrons. The first-order chi connectivity index (χ1) is 18.5. The summed E-state index contributed by atoms with van der Waals surface area (Å²) in [6, 6.07) is 16.8. The average Bonchev–Trinajstić information content (AvgIpc) is 3.27. The van der Waals surface area contributed by atoms with Gasteiger partial charge in [0.05, 0.1) is 37.9 Å². The number of methoxy groups -OCH3 is 2. The maximum absolute atomic E-state index is 13.8. The molecule has 0 saturated heterocycles. The molecule has 5 rings (SSSR count). The van der Waals surface area contributed by atoms with Crippen molar-refractivity contribution in [2.75, 3.05) is 35.3 Å². The van der Waals surface area contributed by atoms with E-state index in [1.165, 1.54) is 0 Å². The van der Waals surface area contributed by atoms with Crippen molar-refractivity contribution in [1.82, 2.24) is 0 Å². The zero-order valence-electron chi connectivity index (χ0n) is 23.0. The summed E-state index contributed by atoms with van der Waals surface area (Å²) in [4.78, 5) is 13.8. The maximum atomic E-state index is 13.8. The molecule has 208 valence electrons. The molecule has 2 heterocycles. The number of hydrogen-bond donors (Lipinski definition) is 3. The number of amides is 1. The third-order valence-corrected chi connectivity index (χ3v) is 8.38. The summed E-state index contributed by atoms with van der Waals surface area (Å²) in [6.45, 7) is 7.97. The molecule has 9 nitrogen and oxygen atoms in total. The molecule has 0 saturated carbocycles. The maximum Gasteiger partial charge on any atom is 0.270 e. The number of carbonyl (C=O) groups excluding carboxylic acids is 1. The van der Waals surface area contributed by atoms with Gasteiger partial charge in [0.1, 0.15) is 39.3 Å². The number of para-hydroxylation sites is 2. The number of anilines is 3. The first-order valence-corrected chi connectivity index (χ1v) is 14.4. The highest BCUT2D eigenvalue weighted by atomic mass is 32.3. The molecular weight excluding hydrogens is 518 g/mol. The van der Waals surface area contributed by atoms with Crippen molar-refractivity contribution in [3.05, 3.63) is 60.2 Å². The predicted molar refractivity (Wildman–Crippen MR) is 156 cm³/mol. The van der Waals surface area contributed by atoms with Crippen LogP contribution in [0.5, 0.6) is 17.2 Å². The summed E-state index contributed by atoms with van der Waals surface area (Å²) in [7, 11) is -0.0616. The highest BCUT2D eigenvalue weighted by Gasteiger charge is 2.47. The second-order valence-electron chi connectivity index (χ2n) is 10.7. The molecule has 0 bridgehead atoms. The number of nitrogens with zero attached hydrogens (tertiary/aromatic N) is 2. The van der Waals surface area contributed by atoms with Crippen LogP contribution < -0.4 is 29.0 Å². The van der Waals surface area contributed by atoms with E-state index < -0.39 is 16.4 Å². The van der Waals surface area contributed by atoms with Gasteiger partial charge >= 0.3 is 0 Å². The van der Waals surface area contributed by atoms with Crippen molar-refractivity contribution in [1.29, 1.82) is 0 Å². The monoisotopic (exact) mass is 553 g/mol. The fourth-order valence-electron chi connectivity index (χ4n) is 5.20. The molecule has 0 fully saturated rings. The van der Waals surface area contributed by atoms with Gasteiger partial charge in [-0.05, 0) is 55.7 Å². The molecule has 1 amide bonds. The van der Waals surface area contributed by atoms with Gasteiger partial charge in [-0.2, -0.15) is 0 Å². The fourth-order valence-corrected chi connectivity index (χ4v) is 6.55. The molecular formula is C29H35N3O6S. The first-order valence-electron chi connectivity index (χ1n) is 12.8. The van der Waals surface area contributed by atoms with Crippen LogP contribution >= 0.6 is 10.9 Å². The Labute approximate surface area is 230 Å². The number of hydrazine groups is 1. The number of benzene rings is 3. The molecule has 39 heavy (non-hydrogen) atoms. The fraction of sp³-hybridized carbons (Fsp3) is 0.345. The van der Waals surface area contributed by atoms with Gasteiger partial charge in [-0.3, -0.25) is 18.9 Å². The summed E-state index contributed by atoms with van der Waals surface area (Å²) in [5, 5.41) is 7.10. The van der Waals surface area contributed by atoms with Gasteiger partial charge in [-0.1, -0.05) is 32.0 Å². The van der Waals surface area contributed by atoms with E-state index >= 15 is 0 Å². The van der Waals surface area contributed by atoms with E-state index in [2.05, 4.69) is 5.32 Å². The largest absolute Gasteiger partial charge is 0.496 e. The summed E-state index contributed by atoms with van der Waals surface area (Å²) in [5.74, 6) is 1.60. The van der Waals surface area contributed by atoms with Gasteiger partial charge in [0, 0.05) is 17.2 Å². The summed E-state index contributed by atoms with van der Waals surface area (Å²) >= 11 is 0. The van der Waals surface area contributed by atoms with E-state index in [9.17, 15) is 13.9 Å². The molecule has 3 aromatic carbocycles. The zero-order valence-corrected chi connectivity index (χ0v) is 23.8. The van der Waals surface area contributed by atoms with Gasteiger partial charge in [0.25, 0.3) is 5.91 Å². The Morgan fingerprint density at radius 3 is 2.38 bits per heavy atom. The highest BCUT2D eigenvalue weighted by molar-refractivity contribution is 8.20. The Hall–Kier alpha value is -3.60. The minimum Gasteiger partial charge on any atom is -0.496 e. The normalized spacial score (nSPS) is 16.2. The van der Waals surface area contributed by atoms with Crippen molar-refractivity contribution in [3.8, 4) is 28.4 Å². The Morgan fingerprint density at radius 1 is 1.00 bits per heavy atom. The SMILES string of the molecule is COc1cc(OS(O)(O)CC(C)C)ccc1-c1ccc2c3c1CN(c1ccccc1OC)N3C(=O)C(C)(C)N2. The topological polar surface area (TPSA) is 104 Å². The minimum atomic E-state index is -3.24. The molecule has 10 heteroatoms. The quantitative estimate of drug-likeness (QED) is 0.289. The van der Waals surface area contributed by atoms with Crippen LogP contribution in [-0.2, 0) is 11.3 Å². The van der Waals surface area contributed by atoms with Crippen LogP contribution in [0.1, 0.15) is 33.3 Å². The van der Waals surface area contributed by atoms with Crippen LogP contribution in [0.15, 0.2) is 54.6 Å². The van der Waals surface area contributed by atoms with Crippen LogP contribution in [0.2, 0.25) is 0 Å². The lowest BCUT2D eigenvalue weighted by Crippen LogP contribution is -2.57. The second kappa shape index (κ2) is 9.86. The highest BCUT2D eigenvalue weighted by Crippen LogP contribution is 2.52. The first kappa shape index (κ1) is 27.0. The van der Waals surface area contributed by atoms with Crippen LogP contribution in [0.3, 0.4) is 0 Å². The summed E-state index contributed by atoms with van der Waals surface area (Å²) < 4.78 is 37.7. The van der Waals surface area contributed by atoms with Crippen molar-refractivity contribution >= 4 is 33.8 Å². The molecule has 0 unspecified atom stereocenters. The molecule has 2 aliphatic heterocycles. The van der Waals surface area contributed by atoms with Crippen LogP contribution in [-0.4, -0.2) is 40.5 Å². The number of nitrogens with one attached hydrogen (secondary N) is 1. The Bertz CT molecular complexity index is 1420. The van der Waals surface area contributed by atoms with E-state index in [1.807, 2.05) is 75.2 Å². The summed E-state index contributed by atoms with van der Waals surface area (Å²) in [5.41, 5.74) is 4.25. The molecule has 0 aliphatic carbocycles. The molecule has 0 spiro atoms. The van der Waals surface area contributed by atoms with E-state index in [1.54, 1.807) is 31.4 Å². The number of hydrogen-bond acceptors (Lipinski definition) is 8. The van der Waals surface area contributed by atoms with Gasteiger partial charge < -0.3 is 19.0 Å². The minimum absolute atomic E-state index is 0.0614. The van der Waals surface area contributed by atoms with E-state index in [4.69, 9.17) is 13.7 Å². The predicted octanol–water partition coefficient (Wildman–Crippen LogP) is 6.54. The van der Waals surface area contributed by atoms with Gasteiger partial charge in [-0.25, -0.2) is 5.01 Å². The number of ether oxygens (including phenoxy) is 2. The average molecular weight is 554 g/mol. The Kier molecular flexibility index (Phi) is 6.82. The van der Waals surface area contributed by atoms with Gasteiger partial charge in [-0.15, -0.1) is 0 Å². The molecule has 0 aromatic heterocycles. The van der Waals surface area contributed by atoms with E-state index in [-0.39, 0.29) is 17.6 Å². The lowest BCUT2D eigenvalue weighted by molar-refractivity contribution is -0.122. The Balaban J connectivity index is 1.61. The smallest absolute Gasteiger partial charge is 0.270 e. The van der Waals surface area contributed by atoms with Crippen LogP contribution in [0.25, 0.3) is 11.1 Å². The van der Waals surface area contributed by atoms with Crippen molar-refractivity contribution in [2.45, 2.75) is 39.8 Å². The lowest BCUT2D eigenvalue weighted by atomic mass is 9.93. The van der Waals surface area contributed by atoms with E-state index in [0.717, 1.165) is 33.8 Å². The molecule has 2 aliphatic rings. The third-order valence-electron chi connectivity index (χ3n) is 6.82.